The second kappa shape index (κ2) is 7.87. The van der Waals surface area contributed by atoms with E-state index in [9.17, 15) is 18.0 Å². The van der Waals surface area contributed by atoms with Crippen LogP contribution in [0.15, 0.2) is 47.4 Å². The number of amides is 3. The number of nitrogens with one attached hydrogen (secondary N) is 1. The standard InChI is InChI=1S/C21H25N3O4S/c1-5-22-21(26)23-13-14(2)24(15(3)25)19-11-8-17(12-20(19)23)16-6-9-18(10-7-16)29(4,27)28/h6-12,14H,5,13H2,1-4H3,(H,22,26)/t14-/m0/s1. The van der Waals surface area contributed by atoms with Gasteiger partial charge in [-0.25, -0.2) is 13.2 Å². The lowest BCUT2D eigenvalue weighted by molar-refractivity contribution is -0.117. The van der Waals surface area contributed by atoms with Crippen molar-refractivity contribution >= 4 is 33.2 Å². The molecule has 0 spiro atoms. The maximum Gasteiger partial charge on any atom is 0.322 e. The van der Waals surface area contributed by atoms with Crippen molar-refractivity contribution in [3.63, 3.8) is 0 Å². The summed E-state index contributed by atoms with van der Waals surface area (Å²) in [6.45, 7) is 6.17. The van der Waals surface area contributed by atoms with Crippen LogP contribution in [0, 0.1) is 0 Å². The van der Waals surface area contributed by atoms with Gasteiger partial charge < -0.3 is 10.2 Å². The van der Waals surface area contributed by atoms with Gasteiger partial charge in [0.25, 0.3) is 0 Å². The number of rotatable bonds is 3. The summed E-state index contributed by atoms with van der Waals surface area (Å²) in [4.78, 5) is 28.4. The summed E-state index contributed by atoms with van der Waals surface area (Å²) in [5.74, 6) is -0.0837. The van der Waals surface area contributed by atoms with E-state index in [0.717, 1.165) is 11.1 Å². The van der Waals surface area contributed by atoms with Crippen LogP contribution in [0.4, 0.5) is 16.2 Å². The minimum absolute atomic E-state index is 0.0837. The maximum absolute atomic E-state index is 12.6. The van der Waals surface area contributed by atoms with Crippen LogP contribution in [0.3, 0.4) is 0 Å². The molecule has 0 aromatic heterocycles. The molecule has 3 rings (SSSR count). The van der Waals surface area contributed by atoms with E-state index in [-0.39, 0.29) is 22.9 Å². The smallest absolute Gasteiger partial charge is 0.322 e. The Morgan fingerprint density at radius 2 is 1.69 bits per heavy atom. The van der Waals surface area contributed by atoms with Gasteiger partial charge in [0, 0.05) is 26.3 Å². The Bertz CT molecular complexity index is 1050. The summed E-state index contributed by atoms with van der Waals surface area (Å²) in [6, 6.07) is 11.8. The van der Waals surface area contributed by atoms with Crippen molar-refractivity contribution in [3.8, 4) is 11.1 Å². The number of anilines is 2. The zero-order chi connectivity index (χ0) is 21.3. The minimum atomic E-state index is -3.27. The zero-order valence-electron chi connectivity index (χ0n) is 17.0. The number of hydrogen-bond acceptors (Lipinski definition) is 4. The molecule has 29 heavy (non-hydrogen) atoms. The Labute approximate surface area is 171 Å². The van der Waals surface area contributed by atoms with Crippen molar-refractivity contribution in [2.24, 2.45) is 0 Å². The molecule has 0 aliphatic carbocycles. The van der Waals surface area contributed by atoms with Gasteiger partial charge in [0.1, 0.15) is 0 Å². The first kappa shape index (κ1) is 20.9. The Morgan fingerprint density at radius 1 is 1.07 bits per heavy atom. The molecular formula is C21H25N3O4S. The monoisotopic (exact) mass is 415 g/mol. The van der Waals surface area contributed by atoms with Gasteiger partial charge in [-0.1, -0.05) is 18.2 Å². The molecule has 0 bridgehead atoms. The summed E-state index contributed by atoms with van der Waals surface area (Å²) in [5.41, 5.74) is 2.98. The molecule has 0 saturated carbocycles. The summed E-state index contributed by atoms with van der Waals surface area (Å²) >= 11 is 0. The average molecular weight is 416 g/mol. The third kappa shape index (κ3) is 4.12. The van der Waals surface area contributed by atoms with E-state index in [2.05, 4.69) is 5.32 Å². The van der Waals surface area contributed by atoms with E-state index >= 15 is 0 Å². The molecule has 0 unspecified atom stereocenters. The highest BCUT2D eigenvalue weighted by atomic mass is 32.2. The van der Waals surface area contributed by atoms with Crippen molar-refractivity contribution in [2.45, 2.75) is 31.7 Å². The molecule has 154 valence electrons. The fourth-order valence-corrected chi connectivity index (χ4v) is 4.25. The summed E-state index contributed by atoms with van der Waals surface area (Å²) < 4.78 is 23.4. The van der Waals surface area contributed by atoms with E-state index in [0.29, 0.717) is 24.5 Å². The normalized spacial score (nSPS) is 16.3. The molecule has 3 amide bonds. The molecule has 0 radical (unpaired) electrons. The van der Waals surface area contributed by atoms with Gasteiger partial charge in [0.05, 0.1) is 22.3 Å². The Balaban J connectivity index is 2.09. The van der Waals surface area contributed by atoms with Gasteiger partial charge in [-0.05, 0) is 49.2 Å². The van der Waals surface area contributed by atoms with Crippen molar-refractivity contribution < 1.29 is 18.0 Å². The fourth-order valence-electron chi connectivity index (χ4n) is 3.62. The van der Waals surface area contributed by atoms with Crippen LogP contribution < -0.4 is 15.1 Å². The second-order valence-electron chi connectivity index (χ2n) is 7.18. The molecule has 1 aliphatic rings. The zero-order valence-corrected chi connectivity index (χ0v) is 17.8. The molecule has 0 fully saturated rings. The van der Waals surface area contributed by atoms with Crippen molar-refractivity contribution in [1.29, 1.82) is 0 Å². The van der Waals surface area contributed by atoms with E-state index in [4.69, 9.17) is 0 Å². The van der Waals surface area contributed by atoms with E-state index in [1.54, 1.807) is 34.1 Å². The van der Waals surface area contributed by atoms with Gasteiger partial charge in [0.2, 0.25) is 5.91 Å². The number of carbonyl (C=O) groups excluding carboxylic acids is 2. The van der Waals surface area contributed by atoms with E-state index in [1.807, 2.05) is 32.0 Å². The number of fused-ring (bicyclic) bond motifs is 1. The molecule has 1 aliphatic heterocycles. The largest absolute Gasteiger partial charge is 0.338 e. The third-order valence-corrected chi connectivity index (χ3v) is 6.07. The van der Waals surface area contributed by atoms with Crippen LogP contribution in [0.25, 0.3) is 11.1 Å². The maximum atomic E-state index is 12.6. The quantitative estimate of drug-likeness (QED) is 0.835. The van der Waals surface area contributed by atoms with Crippen LogP contribution in [-0.4, -0.2) is 45.7 Å². The fraction of sp³-hybridized carbons (Fsp3) is 0.333. The first-order chi connectivity index (χ1) is 13.6. The molecule has 2 aromatic carbocycles. The molecule has 2 aromatic rings. The number of carbonyl (C=O) groups is 2. The molecule has 7 nitrogen and oxygen atoms in total. The molecule has 0 saturated heterocycles. The van der Waals surface area contributed by atoms with Crippen LogP contribution in [0.2, 0.25) is 0 Å². The SMILES string of the molecule is CCNC(=O)N1C[C@H](C)N(C(C)=O)c2ccc(-c3ccc(S(C)(=O)=O)cc3)cc21. The molecule has 1 N–H and O–H groups in total. The van der Waals surface area contributed by atoms with Gasteiger partial charge >= 0.3 is 6.03 Å². The first-order valence-electron chi connectivity index (χ1n) is 9.43. The van der Waals surface area contributed by atoms with Crippen LogP contribution in [0.5, 0.6) is 0 Å². The van der Waals surface area contributed by atoms with Gasteiger partial charge in [-0.3, -0.25) is 9.69 Å². The molecule has 8 heteroatoms. The van der Waals surface area contributed by atoms with Gasteiger partial charge in [0.15, 0.2) is 9.84 Å². The summed E-state index contributed by atoms with van der Waals surface area (Å²) in [6.07, 6.45) is 1.17. The lowest BCUT2D eigenvalue weighted by Crippen LogP contribution is -2.53. The average Bonchev–Trinajstić information content (AvgIpc) is 2.66. The number of nitrogens with zero attached hydrogens (tertiary/aromatic N) is 2. The number of hydrogen-bond donors (Lipinski definition) is 1. The third-order valence-electron chi connectivity index (χ3n) is 4.94. The van der Waals surface area contributed by atoms with E-state index in [1.165, 1.54) is 13.2 Å². The Morgan fingerprint density at radius 3 is 2.24 bits per heavy atom. The molecule has 1 atom stereocenters. The van der Waals surface area contributed by atoms with Crippen molar-refractivity contribution in [2.75, 3.05) is 29.1 Å². The molecule has 1 heterocycles. The van der Waals surface area contributed by atoms with Crippen LogP contribution >= 0.6 is 0 Å². The highest BCUT2D eigenvalue weighted by molar-refractivity contribution is 7.90. The predicted octanol–water partition coefficient (Wildman–Crippen LogP) is 3.05. The highest BCUT2D eigenvalue weighted by Gasteiger charge is 2.33. The number of benzene rings is 2. The summed E-state index contributed by atoms with van der Waals surface area (Å²) in [7, 11) is -3.27. The van der Waals surface area contributed by atoms with Crippen molar-refractivity contribution in [3.05, 3.63) is 42.5 Å². The van der Waals surface area contributed by atoms with Crippen LogP contribution in [0.1, 0.15) is 20.8 Å². The minimum Gasteiger partial charge on any atom is -0.338 e. The van der Waals surface area contributed by atoms with Gasteiger partial charge in [-0.15, -0.1) is 0 Å². The predicted molar refractivity (Wildman–Crippen MR) is 114 cm³/mol. The van der Waals surface area contributed by atoms with Crippen molar-refractivity contribution in [1.82, 2.24) is 5.32 Å². The summed E-state index contributed by atoms with van der Waals surface area (Å²) in [5, 5.41) is 2.82. The highest BCUT2D eigenvalue weighted by Crippen LogP contribution is 2.39. The van der Waals surface area contributed by atoms with Gasteiger partial charge in [-0.2, -0.15) is 0 Å². The second-order valence-corrected chi connectivity index (χ2v) is 9.20. The lowest BCUT2D eigenvalue weighted by atomic mass is 10.0. The Hall–Kier alpha value is -2.87. The number of urea groups is 1. The topological polar surface area (TPSA) is 86.8 Å². The molecular weight excluding hydrogens is 390 g/mol. The number of sulfone groups is 1. The van der Waals surface area contributed by atoms with Crippen LogP contribution in [-0.2, 0) is 14.6 Å². The first-order valence-corrected chi connectivity index (χ1v) is 11.3. The lowest BCUT2D eigenvalue weighted by Gasteiger charge is -2.40. The Kier molecular flexibility index (Phi) is 5.66. The van der Waals surface area contributed by atoms with E-state index < -0.39 is 9.84 Å².